The Morgan fingerprint density at radius 3 is 1.16 bits per heavy atom. The fraction of sp³-hybridized carbons (Fsp3) is 1.00. The molecule has 4 nitrogen and oxygen atoms in total. The van der Waals surface area contributed by atoms with Crippen molar-refractivity contribution in [3.63, 3.8) is 0 Å². The molecule has 0 aromatic rings. The molecule has 1 atom stereocenters. The average Bonchev–Trinajstić information content (AvgIpc) is 2.78. The lowest BCUT2D eigenvalue weighted by Crippen LogP contribution is -2.48. The summed E-state index contributed by atoms with van der Waals surface area (Å²) in [6.07, 6.45) is 22.0. The minimum Gasteiger partial charge on any atom is -0.377 e. The SMILES string of the molecule is CCCCCCCCCCC[N+](C)(CCCCCCCC)CCC[Si](OC)(OC)OC. The molecule has 0 amide bonds. The maximum Gasteiger partial charge on any atom is 0.500 e. The predicted molar refractivity (Wildman–Crippen MR) is 138 cm³/mol. The molecule has 0 radical (unpaired) electrons. The Kier molecular flexibility index (Phi) is 20.7. The monoisotopic (exact) mass is 460 g/mol. The zero-order valence-corrected chi connectivity index (χ0v) is 23.3. The van der Waals surface area contributed by atoms with Gasteiger partial charge in [-0.1, -0.05) is 84.5 Å². The maximum atomic E-state index is 5.64. The fourth-order valence-electron chi connectivity index (χ4n) is 4.65. The van der Waals surface area contributed by atoms with Crippen LogP contribution in [0.4, 0.5) is 0 Å². The molecule has 0 aliphatic rings. The van der Waals surface area contributed by atoms with Gasteiger partial charge in [0.15, 0.2) is 0 Å². The molecule has 31 heavy (non-hydrogen) atoms. The maximum absolute atomic E-state index is 5.64. The van der Waals surface area contributed by atoms with E-state index in [4.69, 9.17) is 13.3 Å². The van der Waals surface area contributed by atoms with Gasteiger partial charge in [-0.05, 0) is 25.7 Å². The Morgan fingerprint density at radius 2 is 0.806 bits per heavy atom. The first kappa shape index (κ1) is 31.1. The van der Waals surface area contributed by atoms with E-state index in [1.54, 1.807) is 21.3 Å². The summed E-state index contributed by atoms with van der Waals surface area (Å²) < 4.78 is 18.1. The number of quaternary nitrogens is 1. The highest BCUT2D eigenvalue weighted by atomic mass is 28.4. The topological polar surface area (TPSA) is 27.7 Å². The predicted octanol–water partition coefficient (Wildman–Crippen LogP) is 7.59. The van der Waals surface area contributed by atoms with Gasteiger partial charge >= 0.3 is 8.80 Å². The second kappa shape index (κ2) is 20.6. The minimum absolute atomic E-state index is 0.915. The summed E-state index contributed by atoms with van der Waals surface area (Å²) >= 11 is 0. The van der Waals surface area contributed by atoms with Crippen LogP contribution >= 0.6 is 0 Å². The molecule has 0 N–H and O–H groups in total. The fourth-order valence-corrected chi connectivity index (χ4v) is 6.35. The molecule has 0 rings (SSSR count). The summed E-state index contributed by atoms with van der Waals surface area (Å²) in [5.41, 5.74) is 0. The first-order valence-electron chi connectivity index (χ1n) is 13.5. The van der Waals surface area contributed by atoms with Crippen molar-refractivity contribution in [1.82, 2.24) is 0 Å². The summed E-state index contributed by atoms with van der Waals surface area (Å²) in [4.78, 5) is 0. The van der Waals surface area contributed by atoms with Gasteiger partial charge in [-0.3, -0.25) is 0 Å². The van der Waals surface area contributed by atoms with Crippen molar-refractivity contribution in [1.29, 1.82) is 0 Å². The quantitative estimate of drug-likeness (QED) is 0.0843. The number of nitrogens with zero attached hydrogens (tertiary/aromatic N) is 1. The smallest absolute Gasteiger partial charge is 0.377 e. The van der Waals surface area contributed by atoms with Crippen molar-refractivity contribution in [2.75, 3.05) is 48.0 Å². The third-order valence-corrected chi connectivity index (χ3v) is 9.80. The molecule has 0 saturated heterocycles. The lowest BCUT2D eigenvalue weighted by atomic mass is 10.1. The van der Waals surface area contributed by atoms with Gasteiger partial charge in [0.2, 0.25) is 0 Å². The lowest BCUT2D eigenvalue weighted by Gasteiger charge is -2.36. The number of unbranched alkanes of at least 4 members (excludes halogenated alkanes) is 13. The molecule has 188 valence electrons. The summed E-state index contributed by atoms with van der Waals surface area (Å²) in [5, 5.41) is 0. The summed E-state index contributed by atoms with van der Waals surface area (Å²) in [6.45, 7) is 8.42. The van der Waals surface area contributed by atoms with E-state index in [9.17, 15) is 0 Å². The van der Waals surface area contributed by atoms with Crippen LogP contribution in [0.2, 0.25) is 6.04 Å². The second-order valence-electron chi connectivity index (χ2n) is 9.79. The lowest BCUT2D eigenvalue weighted by molar-refractivity contribution is -0.910. The Morgan fingerprint density at radius 1 is 0.484 bits per heavy atom. The Labute approximate surface area is 197 Å². The minimum atomic E-state index is -2.44. The van der Waals surface area contributed by atoms with Crippen LogP contribution in [0.25, 0.3) is 0 Å². The van der Waals surface area contributed by atoms with Crippen LogP contribution in [0.3, 0.4) is 0 Å². The van der Waals surface area contributed by atoms with Crippen molar-refractivity contribution in [3.8, 4) is 0 Å². The number of rotatable bonds is 24. The van der Waals surface area contributed by atoms with Gasteiger partial charge in [0.1, 0.15) is 0 Å². The number of hydrogen-bond acceptors (Lipinski definition) is 3. The van der Waals surface area contributed by atoms with E-state index in [1.807, 2.05) is 0 Å². The van der Waals surface area contributed by atoms with Crippen LogP contribution < -0.4 is 0 Å². The van der Waals surface area contributed by atoms with Crippen molar-refractivity contribution in [2.24, 2.45) is 0 Å². The van der Waals surface area contributed by atoms with E-state index >= 15 is 0 Å². The first-order valence-corrected chi connectivity index (χ1v) is 15.4. The summed E-state index contributed by atoms with van der Waals surface area (Å²) in [7, 11) is 5.22. The van der Waals surface area contributed by atoms with Crippen molar-refractivity contribution in [2.45, 2.75) is 123 Å². The highest BCUT2D eigenvalue weighted by Gasteiger charge is 2.38. The molecule has 0 saturated carbocycles. The van der Waals surface area contributed by atoms with Gasteiger partial charge in [0, 0.05) is 33.8 Å². The summed E-state index contributed by atoms with van der Waals surface area (Å²) in [5.74, 6) is 0. The molecule has 0 aromatic heterocycles. The van der Waals surface area contributed by atoms with Crippen molar-refractivity contribution < 1.29 is 17.8 Å². The third-order valence-electron chi connectivity index (χ3n) is 6.97. The molecule has 0 bridgehead atoms. The zero-order valence-electron chi connectivity index (χ0n) is 22.3. The molecule has 5 heteroatoms. The molecule has 0 aromatic carbocycles. The van der Waals surface area contributed by atoms with Crippen LogP contribution in [0.5, 0.6) is 0 Å². The van der Waals surface area contributed by atoms with Gasteiger partial charge in [-0.2, -0.15) is 0 Å². The Bertz CT molecular complexity index is 371. The van der Waals surface area contributed by atoms with Gasteiger partial charge in [0.25, 0.3) is 0 Å². The van der Waals surface area contributed by atoms with Crippen LogP contribution in [-0.4, -0.2) is 61.3 Å². The molecule has 0 heterocycles. The van der Waals surface area contributed by atoms with E-state index in [1.165, 1.54) is 120 Å². The molecule has 0 aliphatic heterocycles. The highest BCUT2D eigenvalue weighted by Crippen LogP contribution is 2.19. The van der Waals surface area contributed by atoms with Crippen molar-refractivity contribution >= 4 is 8.80 Å². The van der Waals surface area contributed by atoms with Crippen LogP contribution in [0.15, 0.2) is 0 Å². The molecule has 0 spiro atoms. The van der Waals surface area contributed by atoms with Crippen LogP contribution in [-0.2, 0) is 13.3 Å². The van der Waals surface area contributed by atoms with E-state index in [0.29, 0.717) is 0 Å². The van der Waals surface area contributed by atoms with E-state index in [0.717, 1.165) is 12.5 Å². The highest BCUT2D eigenvalue weighted by molar-refractivity contribution is 6.60. The van der Waals surface area contributed by atoms with Gasteiger partial charge in [0.05, 0.1) is 26.7 Å². The van der Waals surface area contributed by atoms with E-state index in [2.05, 4.69) is 20.9 Å². The van der Waals surface area contributed by atoms with E-state index < -0.39 is 8.80 Å². The molecular weight excluding hydrogens is 402 g/mol. The Balaban J connectivity index is 4.35. The van der Waals surface area contributed by atoms with Gasteiger partial charge < -0.3 is 17.8 Å². The Hall–Kier alpha value is 0.0569. The molecule has 0 aliphatic carbocycles. The molecule has 0 fully saturated rings. The van der Waals surface area contributed by atoms with Crippen molar-refractivity contribution in [3.05, 3.63) is 0 Å². The second-order valence-corrected chi connectivity index (χ2v) is 12.9. The van der Waals surface area contributed by atoms with Crippen LogP contribution in [0.1, 0.15) is 117 Å². The van der Waals surface area contributed by atoms with Gasteiger partial charge in [-0.25, -0.2) is 0 Å². The molecule has 1 unspecified atom stereocenters. The summed E-state index contributed by atoms with van der Waals surface area (Å²) in [6, 6.07) is 0.915. The largest absolute Gasteiger partial charge is 0.500 e. The molecular formula is C26H58NO3Si+. The normalized spacial score (nSPS) is 14.1. The third kappa shape index (κ3) is 16.3. The van der Waals surface area contributed by atoms with Crippen LogP contribution in [0, 0.1) is 0 Å². The first-order chi connectivity index (χ1) is 15.0. The van der Waals surface area contributed by atoms with E-state index in [-0.39, 0.29) is 0 Å². The average molecular weight is 461 g/mol. The van der Waals surface area contributed by atoms with Gasteiger partial charge in [-0.15, -0.1) is 0 Å². The number of hydrogen-bond donors (Lipinski definition) is 0. The zero-order chi connectivity index (χ0) is 23.3. The standard InChI is InChI=1S/C26H58NO3Si/c1-7-9-11-13-15-16-17-19-21-24-27(3,23-20-18-14-12-10-8-2)25-22-26-31(28-4,29-5)30-6/h7-26H2,1-6H3/q+1.